The predicted molar refractivity (Wildman–Crippen MR) is 135 cm³/mol. The van der Waals surface area contributed by atoms with Crippen molar-refractivity contribution in [1.82, 2.24) is 24.0 Å². The van der Waals surface area contributed by atoms with Crippen molar-refractivity contribution in [3.05, 3.63) is 46.4 Å². The van der Waals surface area contributed by atoms with Crippen molar-refractivity contribution in [2.45, 2.75) is 51.4 Å². The van der Waals surface area contributed by atoms with Gasteiger partial charge in [-0.05, 0) is 24.3 Å². The van der Waals surface area contributed by atoms with Gasteiger partial charge in [-0.3, -0.25) is 4.57 Å². The Kier molecular flexibility index (Phi) is 7.82. The van der Waals surface area contributed by atoms with Gasteiger partial charge >= 0.3 is 17.7 Å². The Labute approximate surface area is 208 Å². The number of likely N-dealkylation sites (N-methyl/N-ethyl adjacent to an activating group) is 1. The second kappa shape index (κ2) is 10.5. The number of rotatable bonds is 9. The molecule has 13 heteroatoms. The minimum absolute atomic E-state index is 0.00126. The average molecular weight is 518 g/mol. The summed E-state index contributed by atoms with van der Waals surface area (Å²) >= 11 is 0. The van der Waals surface area contributed by atoms with Crippen LogP contribution in [0.15, 0.2) is 40.3 Å². The zero-order valence-electron chi connectivity index (χ0n) is 20.7. The molecule has 0 saturated carbocycles. The number of carboxylic acid groups (broad SMARTS) is 1. The molecule has 3 rings (SSSR count). The number of fused-ring (bicyclic) bond motifs is 1. The number of nitrogens with one attached hydrogen (secondary N) is 1. The molecule has 36 heavy (non-hydrogen) atoms. The van der Waals surface area contributed by atoms with Crippen LogP contribution >= 0.6 is 0 Å². The van der Waals surface area contributed by atoms with Crippen molar-refractivity contribution in [2.24, 2.45) is 5.92 Å². The van der Waals surface area contributed by atoms with E-state index in [2.05, 4.69) is 9.97 Å². The van der Waals surface area contributed by atoms with Crippen LogP contribution in [0.5, 0.6) is 0 Å². The molecule has 2 atom stereocenters. The van der Waals surface area contributed by atoms with E-state index >= 15 is 0 Å². The molecule has 3 aromatic rings. The Bertz CT molecular complexity index is 1440. The van der Waals surface area contributed by atoms with Crippen LogP contribution in [0.3, 0.4) is 0 Å². The van der Waals surface area contributed by atoms with Gasteiger partial charge in [-0.1, -0.05) is 51.1 Å². The summed E-state index contributed by atoms with van der Waals surface area (Å²) in [6.07, 6.45) is 0.611. The monoisotopic (exact) mass is 517 g/mol. The summed E-state index contributed by atoms with van der Waals surface area (Å²) in [5.74, 6) is -1.54. The number of amides is 1. The van der Waals surface area contributed by atoms with Crippen molar-refractivity contribution < 1.29 is 18.9 Å². The zero-order valence-corrected chi connectivity index (χ0v) is 21.5. The minimum atomic E-state index is -3.39. The molecule has 0 aliphatic carbocycles. The lowest BCUT2D eigenvalue weighted by Gasteiger charge is -2.26. The summed E-state index contributed by atoms with van der Waals surface area (Å²) < 4.78 is 23.1. The number of benzene rings is 1. The number of nitrogens with two attached hydrogens (primary N) is 1. The topological polar surface area (TPSA) is 177 Å². The number of nitrogen functional groups attached to an aromatic ring is 1. The number of aliphatic carboxylic acids is 1. The molecule has 0 aliphatic rings. The maximum Gasteiger partial charge on any atom is 0.339 e. The van der Waals surface area contributed by atoms with Crippen LogP contribution in [0.4, 0.5) is 10.6 Å². The Morgan fingerprint density at radius 3 is 2.42 bits per heavy atom. The van der Waals surface area contributed by atoms with Gasteiger partial charge in [0.15, 0.2) is 11.5 Å². The number of anilines is 1. The van der Waals surface area contributed by atoms with Crippen LogP contribution in [0, 0.1) is 10.7 Å². The molecule has 0 fully saturated rings. The zero-order chi connectivity index (χ0) is 26.8. The molecular formula is C23H31N7O5S. The molecule has 2 heterocycles. The fraction of sp³-hybridized carbons (Fsp3) is 0.435. The molecule has 4 N–H and O–H groups in total. The average Bonchev–Trinajstić information content (AvgIpc) is 3.08. The third kappa shape index (κ3) is 5.25. The van der Waals surface area contributed by atoms with Crippen molar-refractivity contribution in [3.8, 4) is 0 Å². The third-order valence-electron chi connectivity index (χ3n) is 5.68. The molecule has 0 aliphatic heterocycles. The molecular weight excluding hydrogens is 486 g/mol. The van der Waals surface area contributed by atoms with E-state index in [-0.39, 0.29) is 46.8 Å². The summed E-state index contributed by atoms with van der Waals surface area (Å²) in [4.78, 5) is 48.3. The van der Waals surface area contributed by atoms with Gasteiger partial charge in [0.2, 0.25) is 5.16 Å². The lowest BCUT2D eigenvalue weighted by Crippen LogP contribution is -2.47. The molecule has 1 amide bonds. The van der Waals surface area contributed by atoms with E-state index in [1.54, 1.807) is 31.2 Å². The highest BCUT2D eigenvalue weighted by atomic mass is 32.2. The molecule has 0 spiro atoms. The quantitative estimate of drug-likeness (QED) is 0.362. The van der Waals surface area contributed by atoms with Crippen LogP contribution in [0.2, 0.25) is 0 Å². The van der Waals surface area contributed by atoms with Crippen LogP contribution < -0.4 is 11.4 Å². The molecule has 12 nitrogen and oxygen atoms in total. The molecule has 194 valence electrons. The smallest absolute Gasteiger partial charge is 0.339 e. The lowest BCUT2D eigenvalue weighted by atomic mass is 10.0. The predicted octanol–water partition coefficient (Wildman–Crippen LogP) is 2.44. The fourth-order valence-electron chi connectivity index (χ4n) is 3.92. The number of nitrogens with zero attached hydrogens (tertiary/aromatic N) is 5. The number of carbonyl (C=O) groups is 2. The molecule has 2 aromatic heterocycles. The largest absolute Gasteiger partial charge is 0.480 e. The maximum absolute atomic E-state index is 13.6. The second-order valence-electron chi connectivity index (χ2n) is 9.01. The number of aromatic nitrogens is 4. The van der Waals surface area contributed by atoms with E-state index < -0.39 is 33.5 Å². The van der Waals surface area contributed by atoms with Gasteiger partial charge in [-0.25, -0.2) is 32.9 Å². The van der Waals surface area contributed by atoms with E-state index in [0.29, 0.717) is 6.42 Å². The Hall–Kier alpha value is -3.74. The van der Waals surface area contributed by atoms with Gasteiger partial charge in [-0.15, -0.1) is 0 Å². The number of carboxylic acids is 1. The Balaban J connectivity index is 2.28. The fourth-order valence-corrected chi connectivity index (χ4v) is 5.16. The van der Waals surface area contributed by atoms with Gasteiger partial charge in [0, 0.05) is 12.8 Å². The Morgan fingerprint density at radius 1 is 1.22 bits per heavy atom. The molecule has 0 radical (unpaired) electrons. The molecule has 0 saturated heterocycles. The van der Waals surface area contributed by atoms with E-state index in [4.69, 9.17) is 10.5 Å². The first-order chi connectivity index (χ1) is 16.9. The van der Waals surface area contributed by atoms with Crippen LogP contribution in [0.25, 0.3) is 11.2 Å². The molecule has 1 unspecified atom stereocenters. The van der Waals surface area contributed by atoms with E-state index in [1.165, 1.54) is 11.6 Å². The summed E-state index contributed by atoms with van der Waals surface area (Å²) in [5, 5.41) is 9.39. The van der Waals surface area contributed by atoms with Crippen LogP contribution in [-0.2, 0) is 21.1 Å². The molecule has 1 aromatic carbocycles. The van der Waals surface area contributed by atoms with Crippen molar-refractivity contribution in [2.75, 3.05) is 18.5 Å². The van der Waals surface area contributed by atoms with Crippen molar-refractivity contribution >= 4 is 38.7 Å². The first-order valence-corrected chi connectivity index (χ1v) is 13.2. The number of carbonyl (C=O) groups excluding carboxylic acids is 1. The van der Waals surface area contributed by atoms with E-state index in [9.17, 15) is 23.7 Å². The van der Waals surface area contributed by atoms with Crippen LogP contribution in [-0.4, -0.2) is 64.2 Å². The standard InChI is InChI=1S/C23H31N7O5S/c1-5-11-36(25,35)21-26-18(24)17-19(27-21)29(13-15-9-7-6-8-10-15)23(34)30(17)22(33)28(4)16(20(31)32)12-14(2)3/h6-10,14,16,25H,5,11-13H2,1-4H3,(H,31,32)(H2,24,26,27)/t16-,36?/m0/s1. The van der Waals surface area contributed by atoms with E-state index in [1.807, 2.05) is 19.9 Å². The maximum atomic E-state index is 13.6. The second-order valence-corrected chi connectivity index (χ2v) is 11.1. The normalized spacial score (nSPS) is 14.0. The molecule has 0 bridgehead atoms. The van der Waals surface area contributed by atoms with Gasteiger partial charge < -0.3 is 15.7 Å². The summed E-state index contributed by atoms with van der Waals surface area (Å²) in [7, 11) is -2.09. The first-order valence-electron chi connectivity index (χ1n) is 11.5. The van der Waals surface area contributed by atoms with Crippen molar-refractivity contribution in [3.63, 3.8) is 0 Å². The minimum Gasteiger partial charge on any atom is -0.480 e. The SMILES string of the molecule is CCCS(=N)(=O)c1nc(N)c2c(n1)n(Cc1ccccc1)c(=O)n2C(=O)N(C)[C@@H](CC(C)C)C(=O)O. The summed E-state index contributed by atoms with van der Waals surface area (Å²) in [6, 6.07) is 6.85. The summed E-state index contributed by atoms with van der Waals surface area (Å²) in [5.41, 5.74) is 5.90. The highest BCUT2D eigenvalue weighted by Crippen LogP contribution is 2.23. The highest BCUT2D eigenvalue weighted by Gasteiger charge is 2.32. The van der Waals surface area contributed by atoms with Gasteiger partial charge in [-0.2, -0.15) is 4.98 Å². The Morgan fingerprint density at radius 2 is 1.86 bits per heavy atom. The van der Waals surface area contributed by atoms with E-state index in [0.717, 1.165) is 15.0 Å². The lowest BCUT2D eigenvalue weighted by molar-refractivity contribution is -0.142. The number of hydrogen-bond donors (Lipinski definition) is 3. The van der Waals surface area contributed by atoms with Crippen LogP contribution in [0.1, 0.15) is 39.2 Å². The van der Waals surface area contributed by atoms with Gasteiger partial charge in [0.1, 0.15) is 21.3 Å². The highest BCUT2D eigenvalue weighted by molar-refractivity contribution is 7.92. The van der Waals surface area contributed by atoms with Gasteiger partial charge in [0.05, 0.1) is 6.54 Å². The number of hydrogen-bond acceptors (Lipinski definition) is 8. The third-order valence-corrected chi connectivity index (χ3v) is 7.44. The first kappa shape index (κ1) is 26.9. The number of imidazole rings is 1. The summed E-state index contributed by atoms with van der Waals surface area (Å²) in [6.45, 7) is 5.43. The van der Waals surface area contributed by atoms with Gasteiger partial charge in [0.25, 0.3) is 0 Å². The van der Waals surface area contributed by atoms with Crippen molar-refractivity contribution in [1.29, 1.82) is 4.78 Å².